The van der Waals surface area contributed by atoms with Crippen LogP contribution in [0.4, 0.5) is 0 Å². The van der Waals surface area contributed by atoms with Gasteiger partial charge < -0.3 is 5.11 Å². The van der Waals surface area contributed by atoms with Crippen molar-refractivity contribution < 1.29 is 5.11 Å². The van der Waals surface area contributed by atoms with E-state index >= 15 is 0 Å². The summed E-state index contributed by atoms with van der Waals surface area (Å²) in [6, 6.07) is 0. The summed E-state index contributed by atoms with van der Waals surface area (Å²) in [4.78, 5) is 0. The average molecular weight is 104 g/mol. The number of hydrogen-bond donors (Lipinski definition) is 3. The molecule has 0 aromatic heterocycles. The molecule has 0 rings (SSSR count). The second kappa shape index (κ2) is 2.96. The van der Waals surface area contributed by atoms with E-state index in [2.05, 4.69) is 5.43 Å². The van der Waals surface area contributed by atoms with Crippen LogP contribution in [0.5, 0.6) is 0 Å². The largest absolute Gasteiger partial charge is 0.377 e. The molecular weight excluding hydrogens is 92.1 g/mol. The van der Waals surface area contributed by atoms with Crippen molar-refractivity contribution >= 4 is 0 Å². The smallest absolute Gasteiger partial charge is 0.119 e. The molecule has 0 radical (unpaired) electrons. The summed E-state index contributed by atoms with van der Waals surface area (Å²) in [6.45, 7) is 3.76. The number of hydrogen-bond acceptors (Lipinski definition) is 3. The quantitative estimate of drug-likeness (QED) is 0.250. The zero-order valence-corrected chi connectivity index (χ0v) is 4.68. The molecule has 0 aromatic rings. The average Bonchev–Trinajstić information content (AvgIpc) is 1.65. The molecule has 0 saturated carbocycles. The topological polar surface area (TPSA) is 58.3 Å². The lowest BCUT2D eigenvalue weighted by Gasteiger charge is -2.10. The van der Waals surface area contributed by atoms with Crippen molar-refractivity contribution in [3.05, 3.63) is 0 Å². The molecule has 3 heteroatoms. The van der Waals surface area contributed by atoms with E-state index in [0.29, 0.717) is 0 Å². The maximum atomic E-state index is 8.70. The number of rotatable bonds is 2. The van der Waals surface area contributed by atoms with E-state index in [0.717, 1.165) is 0 Å². The first kappa shape index (κ1) is 6.88. The minimum absolute atomic E-state index is 0.185. The van der Waals surface area contributed by atoms with Gasteiger partial charge >= 0.3 is 0 Å². The van der Waals surface area contributed by atoms with Gasteiger partial charge in [-0.25, -0.2) is 5.43 Å². The zero-order valence-electron chi connectivity index (χ0n) is 4.68. The molecule has 3 nitrogen and oxygen atoms in total. The second-order valence-corrected chi connectivity index (χ2v) is 1.86. The maximum absolute atomic E-state index is 8.70. The Hall–Kier alpha value is -0.120. The van der Waals surface area contributed by atoms with E-state index in [-0.39, 0.29) is 5.92 Å². The molecule has 1 unspecified atom stereocenters. The summed E-state index contributed by atoms with van der Waals surface area (Å²) in [5.74, 6) is 5.06. The molecule has 0 fully saturated rings. The number of aliphatic hydroxyl groups excluding tert-OH is 1. The maximum Gasteiger partial charge on any atom is 0.119 e. The molecule has 0 aliphatic heterocycles. The molecule has 0 aliphatic carbocycles. The highest BCUT2D eigenvalue weighted by molar-refractivity contribution is 4.49. The van der Waals surface area contributed by atoms with E-state index in [9.17, 15) is 0 Å². The molecule has 0 amide bonds. The summed E-state index contributed by atoms with van der Waals surface area (Å²) in [6.07, 6.45) is -0.569. The van der Waals surface area contributed by atoms with Gasteiger partial charge in [-0.2, -0.15) is 0 Å². The van der Waals surface area contributed by atoms with Crippen LogP contribution in [0.1, 0.15) is 13.8 Å². The Morgan fingerprint density at radius 1 is 1.57 bits per heavy atom. The van der Waals surface area contributed by atoms with Gasteiger partial charge in [0.05, 0.1) is 0 Å². The van der Waals surface area contributed by atoms with Gasteiger partial charge in [0.1, 0.15) is 6.23 Å². The van der Waals surface area contributed by atoms with Crippen LogP contribution in [0.15, 0.2) is 0 Å². The highest BCUT2D eigenvalue weighted by Crippen LogP contribution is 1.93. The summed E-state index contributed by atoms with van der Waals surface area (Å²) < 4.78 is 0. The third-order valence-electron chi connectivity index (χ3n) is 0.802. The Bertz CT molecular complexity index is 47.0. The van der Waals surface area contributed by atoms with E-state index < -0.39 is 6.23 Å². The van der Waals surface area contributed by atoms with Gasteiger partial charge in [-0.1, -0.05) is 13.8 Å². The van der Waals surface area contributed by atoms with Crippen LogP contribution >= 0.6 is 0 Å². The fraction of sp³-hybridized carbons (Fsp3) is 1.00. The van der Waals surface area contributed by atoms with Gasteiger partial charge in [-0.3, -0.25) is 5.84 Å². The minimum atomic E-state index is -0.569. The van der Waals surface area contributed by atoms with Crippen molar-refractivity contribution in [3.8, 4) is 0 Å². The van der Waals surface area contributed by atoms with Crippen molar-refractivity contribution in [2.45, 2.75) is 20.1 Å². The highest BCUT2D eigenvalue weighted by atomic mass is 16.3. The molecule has 4 N–H and O–H groups in total. The molecule has 0 saturated heterocycles. The first-order valence-corrected chi connectivity index (χ1v) is 2.32. The third-order valence-corrected chi connectivity index (χ3v) is 0.802. The van der Waals surface area contributed by atoms with Gasteiger partial charge in [-0.05, 0) is 5.92 Å². The standard InChI is InChI=1S/C4H12N2O/c1-3(2)4(7)6-5/h3-4,6-7H,5H2,1-2H3. The van der Waals surface area contributed by atoms with Crippen molar-refractivity contribution in [1.82, 2.24) is 5.43 Å². The first-order chi connectivity index (χ1) is 3.18. The van der Waals surface area contributed by atoms with E-state index in [1.54, 1.807) is 0 Å². The lowest BCUT2D eigenvalue weighted by atomic mass is 10.2. The van der Waals surface area contributed by atoms with Crippen molar-refractivity contribution in [3.63, 3.8) is 0 Å². The van der Waals surface area contributed by atoms with E-state index in [1.807, 2.05) is 13.8 Å². The Balaban J connectivity index is 3.14. The van der Waals surface area contributed by atoms with Gasteiger partial charge in [0, 0.05) is 0 Å². The van der Waals surface area contributed by atoms with E-state index in [1.165, 1.54) is 0 Å². The molecular formula is C4H12N2O. The summed E-state index contributed by atoms with van der Waals surface area (Å²) in [5, 5.41) is 8.70. The molecule has 0 heterocycles. The van der Waals surface area contributed by atoms with Crippen molar-refractivity contribution in [2.75, 3.05) is 0 Å². The minimum Gasteiger partial charge on any atom is -0.377 e. The van der Waals surface area contributed by atoms with Crippen LogP contribution in [-0.4, -0.2) is 11.3 Å². The second-order valence-electron chi connectivity index (χ2n) is 1.86. The fourth-order valence-electron chi connectivity index (χ4n) is 0.192. The summed E-state index contributed by atoms with van der Waals surface area (Å²) in [5.41, 5.74) is 2.22. The zero-order chi connectivity index (χ0) is 5.86. The number of hydrazine groups is 1. The lowest BCUT2D eigenvalue weighted by Crippen LogP contribution is -2.38. The predicted molar refractivity (Wildman–Crippen MR) is 28.2 cm³/mol. The SMILES string of the molecule is CC(C)C(O)NN. The van der Waals surface area contributed by atoms with Crippen LogP contribution < -0.4 is 11.3 Å². The fourth-order valence-corrected chi connectivity index (χ4v) is 0.192. The van der Waals surface area contributed by atoms with Gasteiger partial charge in [0.15, 0.2) is 0 Å². The Kier molecular flexibility index (Phi) is 2.91. The molecule has 44 valence electrons. The monoisotopic (exact) mass is 104 g/mol. The molecule has 0 bridgehead atoms. The number of nitrogens with one attached hydrogen (secondary N) is 1. The Morgan fingerprint density at radius 2 is 2.00 bits per heavy atom. The van der Waals surface area contributed by atoms with Crippen molar-refractivity contribution in [2.24, 2.45) is 11.8 Å². The Morgan fingerprint density at radius 3 is 2.00 bits per heavy atom. The van der Waals surface area contributed by atoms with Crippen molar-refractivity contribution in [1.29, 1.82) is 0 Å². The first-order valence-electron chi connectivity index (χ1n) is 2.32. The predicted octanol–water partition coefficient (Wildman–Crippen LogP) is -0.576. The Labute approximate surface area is 43.5 Å². The molecule has 0 aliphatic rings. The van der Waals surface area contributed by atoms with Crippen LogP contribution in [0, 0.1) is 5.92 Å². The molecule has 0 spiro atoms. The summed E-state index contributed by atoms with van der Waals surface area (Å²) >= 11 is 0. The van der Waals surface area contributed by atoms with Crippen LogP contribution in [0.3, 0.4) is 0 Å². The molecule has 1 atom stereocenters. The van der Waals surface area contributed by atoms with Gasteiger partial charge in [0.2, 0.25) is 0 Å². The summed E-state index contributed by atoms with van der Waals surface area (Å²) in [7, 11) is 0. The van der Waals surface area contributed by atoms with Crippen LogP contribution in [0.25, 0.3) is 0 Å². The molecule has 0 aromatic carbocycles. The normalized spacial score (nSPS) is 15.0. The van der Waals surface area contributed by atoms with E-state index in [4.69, 9.17) is 10.9 Å². The van der Waals surface area contributed by atoms with Crippen LogP contribution in [-0.2, 0) is 0 Å². The highest BCUT2D eigenvalue weighted by Gasteiger charge is 2.02. The molecule has 7 heavy (non-hydrogen) atoms. The lowest BCUT2D eigenvalue weighted by molar-refractivity contribution is 0.0912. The number of nitrogens with two attached hydrogens (primary N) is 1. The van der Waals surface area contributed by atoms with Crippen LogP contribution in [0.2, 0.25) is 0 Å². The third kappa shape index (κ3) is 2.56. The van der Waals surface area contributed by atoms with Gasteiger partial charge in [-0.15, -0.1) is 0 Å². The van der Waals surface area contributed by atoms with Gasteiger partial charge in [0.25, 0.3) is 0 Å². The number of aliphatic hydroxyl groups is 1.